The van der Waals surface area contributed by atoms with Crippen LogP contribution < -0.4 is 10.6 Å². The monoisotopic (exact) mass is 419 g/mol. The van der Waals surface area contributed by atoms with Crippen molar-refractivity contribution in [3.63, 3.8) is 0 Å². The van der Waals surface area contributed by atoms with Gasteiger partial charge in [-0.1, -0.05) is 0 Å². The molecule has 152 valence electrons. The number of nitrogens with zero attached hydrogens (tertiary/aromatic N) is 1. The van der Waals surface area contributed by atoms with Gasteiger partial charge in [-0.25, -0.2) is 4.98 Å². The molecular weight excluding hydrogens is 393 g/mol. The fourth-order valence-corrected chi connectivity index (χ4v) is 3.23. The number of oxazole rings is 1. The fourth-order valence-electron chi connectivity index (χ4n) is 3.23. The topological polar surface area (TPSA) is 89.5 Å². The summed E-state index contributed by atoms with van der Waals surface area (Å²) in [5.74, 6) is 1.54. The molecule has 1 fully saturated rings. The number of carbonyl (C=O) groups excluding carboxylic acids is 1. The van der Waals surface area contributed by atoms with Crippen LogP contribution >= 0.6 is 24.8 Å². The predicted molar refractivity (Wildman–Crippen MR) is 107 cm³/mol. The van der Waals surface area contributed by atoms with Crippen LogP contribution in [0.25, 0.3) is 11.7 Å². The second kappa shape index (κ2) is 10.7. The smallest absolute Gasteiger partial charge is 0.263 e. The summed E-state index contributed by atoms with van der Waals surface area (Å²) in [6.45, 7) is 4.98. The van der Waals surface area contributed by atoms with Crippen molar-refractivity contribution in [3.05, 3.63) is 29.9 Å². The van der Waals surface area contributed by atoms with Gasteiger partial charge in [0.1, 0.15) is 5.76 Å². The number of aromatic nitrogens is 1. The number of carbonyl (C=O) groups is 1. The Hall–Kier alpha value is -1.54. The molecule has 2 aromatic heterocycles. The second-order valence-corrected chi connectivity index (χ2v) is 6.64. The van der Waals surface area contributed by atoms with Crippen LogP contribution in [-0.2, 0) is 16.0 Å². The molecule has 2 aromatic rings. The second-order valence-electron chi connectivity index (χ2n) is 6.64. The van der Waals surface area contributed by atoms with Gasteiger partial charge >= 0.3 is 0 Å². The van der Waals surface area contributed by atoms with E-state index in [4.69, 9.17) is 13.6 Å². The van der Waals surface area contributed by atoms with Gasteiger partial charge in [-0.15, -0.1) is 24.8 Å². The third-order valence-electron chi connectivity index (χ3n) is 4.73. The number of amides is 1. The highest BCUT2D eigenvalue weighted by atomic mass is 35.5. The first-order chi connectivity index (χ1) is 12.1. The lowest BCUT2D eigenvalue weighted by atomic mass is 9.79. The number of hydrogen-bond donors (Lipinski definition) is 2. The molecule has 0 bridgehead atoms. The Kier molecular flexibility index (Phi) is 9.32. The quantitative estimate of drug-likeness (QED) is 0.716. The van der Waals surface area contributed by atoms with E-state index >= 15 is 0 Å². The van der Waals surface area contributed by atoms with Gasteiger partial charge in [-0.2, -0.15) is 0 Å². The van der Waals surface area contributed by atoms with Gasteiger partial charge in [-0.3, -0.25) is 4.79 Å². The van der Waals surface area contributed by atoms with Gasteiger partial charge in [0, 0.05) is 19.1 Å². The third-order valence-corrected chi connectivity index (χ3v) is 4.73. The molecule has 7 nitrogen and oxygen atoms in total. The lowest BCUT2D eigenvalue weighted by molar-refractivity contribution is -0.121. The van der Waals surface area contributed by atoms with Crippen molar-refractivity contribution in [2.24, 2.45) is 5.41 Å². The van der Waals surface area contributed by atoms with E-state index in [1.165, 1.54) is 0 Å². The van der Waals surface area contributed by atoms with Crippen molar-refractivity contribution < 1.29 is 18.4 Å². The summed E-state index contributed by atoms with van der Waals surface area (Å²) in [5.41, 5.74) is 0.642. The maximum atomic E-state index is 12.4. The summed E-state index contributed by atoms with van der Waals surface area (Å²) in [6.07, 6.45) is 3.74. The molecule has 0 spiro atoms. The highest BCUT2D eigenvalue weighted by Crippen LogP contribution is 2.28. The van der Waals surface area contributed by atoms with E-state index in [2.05, 4.69) is 15.6 Å². The molecule has 0 aromatic carbocycles. The predicted octanol–water partition coefficient (Wildman–Crippen LogP) is 2.76. The molecule has 0 atom stereocenters. The average molecular weight is 420 g/mol. The fraction of sp³-hybridized carbons (Fsp3) is 0.556. The molecule has 1 saturated heterocycles. The van der Waals surface area contributed by atoms with Crippen LogP contribution in [0.4, 0.5) is 0 Å². The largest absolute Gasteiger partial charge is 0.459 e. The van der Waals surface area contributed by atoms with Gasteiger partial charge in [0.2, 0.25) is 5.91 Å². The Morgan fingerprint density at radius 1 is 1.37 bits per heavy atom. The molecule has 0 saturated carbocycles. The SMILES string of the molecule is COCC1(CNC(=O)Cc2nc(-c3ccco3)oc2C)CCNCC1.Cl.Cl. The zero-order valence-corrected chi connectivity index (χ0v) is 17.2. The summed E-state index contributed by atoms with van der Waals surface area (Å²) in [6, 6.07) is 3.55. The lowest BCUT2D eigenvalue weighted by Crippen LogP contribution is -2.47. The van der Waals surface area contributed by atoms with Crippen molar-refractivity contribution in [1.29, 1.82) is 0 Å². The lowest BCUT2D eigenvalue weighted by Gasteiger charge is -2.37. The van der Waals surface area contributed by atoms with Gasteiger partial charge in [0.25, 0.3) is 5.89 Å². The summed E-state index contributed by atoms with van der Waals surface area (Å²) in [7, 11) is 1.71. The standard InChI is InChI=1S/C18H25N3O4.2ClH/c1-13-14(21-17(25-13)15-4-3-9-24-15)10-16(22)20-11-18(12-23-2)5-7-19-8-6-18;;/h3-4,9,19H,5-8,10-12H2,1-2H3,(H,20,22);2*1H. The van der Waals surface area contributed by atoms with Crippen molar-refractivity contribution in [2.45, 2.75) is 26.2 Å². The third kappa shape index (κ3) is 5.97. The first-order valence-corrected chi connectivity index (χ1v) is 8.58. The number of aryl methyl sites for hydroxylation is 1. The molecule has 0 radical (unpaired) electrons. The van der Waals surface area contributed by atoms with Crippen molar-refractivity contribution in [2.75, 3.05) is 33.4 Å². The molecule has 0 aliphatic carbocycles. The summed E-state index contributed by atoms with van der Waals surface area (Å²) < 4.78 is 16.3. The maximum Gasteiger partial charge on any atom is 0.263 e. The van der Waals surface area contributed by atoms with Crippen LogP contribution in [0.1, 0.15) is 24.3 Å². The summed E-state index contributed by atoms with van der Waals surface area (Å²) >= 11 is 0. The van der Waals surface area contributed by atoms with Crippen molar-refractivity contribution >= 4 is 30.7 Å². The number of nitrogens with one attached hydrogen (secondary N) is 2. The Balaban J connectivity index is 0.00000182. The number of piperidine rings is 1. The molecule has 27 heavy (non-hydrogen) atoms. The van der Waals surface area contributed by atoms with E-state index in [0.29, 0.717) is 36.3 Å². The highest BCUT2D eigenvalue weighted by molar-refractivity contribution is 5.85. The molecule has 3 heterocycles. The average Bonchev–Trinajstić information content (AvgIpc) is 3.25. The molecule has 0 unspecified atom stereocenters. The molecular formula is C18H27Cl2N3O4. The van der Waals surface area contributed by atoms with Crippen LogP contribution in [0.5, 0.6) is 0 Å². The minimum Gasteiger partial charge on any atom is -0.459 e. The van der Waals surface area contributed by atoms with E-state index in [-0.39, 0.29) is 42.6 Å². The van der Waals surface area contributed by atoms with Crippen LogP contribution in [-0.4, -0.2) is 44.2 Å². The van der Waals surface area contributed by atoms with Gasteiger partial charge < -0.3 is 24.2 Å². The summed E-state index contributed by atoms with van der Waals surface area (Å²) in [5, 5.41) is 6.40. The van der Waals surface area contributed by atoms with E-state index in [1.807, 2.05) is 0 Å². The zero-order chi connectivity index (χ0) is 17.7. The van der Waals surface area contributed by atoms with Crippen LogP contribution in [0.15, 0.2) is 27.2 Å². The zero-order valence-electron chi connectivity index (χ0n) is 15.6. The molecule has 1 aliphatic heterocycles. The minimum atomic E-state index is -0.0589. The highest BCUT2D eigenvalue weighted by Gasteiger charge is 2.32. The minimum absolute atomic E-state index is 0. The molecule has 1 amide bonds. The maximum absolute atomic E-state index is 12.4. The van der Waals surface area contributed by atoms with E-state index in [1.54, 1.807) is 32.4 Å². The molecule has 2 N–H and O–H groups in total. The van der Waals surface area contributed by atoms with Crippen LogP contribution in [0, 0.1) is 12.3 Å². The Morgan fingerprint density at radius 3 is 2.74 bits per heavy atom. The van der Waals surface area contributed by atoms with Gasteiger partial charge in [-0.05, 0) is 45.0 Å². The number of ether oxygens (including phenoxy) is 1. The number of halogens is 2. The van der Waals surface area contributed by atoms with Crippen LogP contribution in [0.3, 0.4) is 0 Å². The van der Waals surface area contributed by atoms with Gasteiger partial charge in [0.15, 0.2) is 5.76 Å². The number of rotatable bonds is 7. The summed E-state index contributed by atoms with van der Waals surface area (Å²) in [4.78, 5) is 16.8. The molecule has 3 rings (SSSR count). The number of methoxy groups -OCH3 is 1. The van der Waals surface area contributed by atoms with Crippen LogP contribution in [0.2, 0.25) is 0 Å². The van der Waals surface area contributed by atoms with E-state index in [0.717, 1.165) is 25.9 Å². The Morgan fingerprint density at radius 2 is 2.11 bits per heavy atom. The number of furan rings is 1. The van der Waals surface area contributed by atoms with Crippen molar-refractivity contribution in [3.8, 4) is 11.7 Å². The van der Waals surface area contributed by atoms with Gasteiger partial charge in [0.05, 0.1) is 25.0 Å². The van der Waals surface area contributed by atoms with Crippen molar-refractivity contribution in [1.82, 2.24) is 15.6 Å². The Bertz CT molecular complexity index is 692. The van der Waals surface area contributed by atoms with E-state index < -0.39 is 0 Å². The first kappa shape index (κ1) is 23.5. The first-order valence-electron chi connectivity index (χ1n) is 8.58. The molecule has 9 heteroatoms. The Labute approximate surface area is 171 Å². The normalized spacial score (nSPS) is 15.5. The number of hydrogen-bond acceptors (Lipinski definition) is 6. The van der Waals surface area contributed by atoms with E-state index in [9.17, 15) is 4.79 Å². The molecule has 1 aliphatic rings.